The van der Waals surface area contributed by atoms with Gasteiger partial charge >= 0.3 is 0 Å². The Morgan fingerprint density at radius 2 is 1.94 bits per heavy atom. The Hall–Kier alpha value is -2.83. The third-order valence-electron chi connectivity index (χ3n) is 6.06. The molecule has 0 unspecified atom stereocenters. The molecule has 4 rings (SSSR count). The number of aromatic nitrogens is 3. The molecule has 2 aromatic heterocycles. The van der Waals surface area contributed by atoms with Gasteiger partial charge in [-0.2, -0.15) is 0 Å². The zero-order valence-corrected chi connectivity index (χ0v) is 20.5. The van der Waals surface area contributed by atoms with E-state index in [1.807, 2.05) is 6.92 Å². The molecule has 2 aliphatic carbocycles. The fourth-order valence-electron chi connectivity index (χ4n) is 3.68. The molecule has 3 N–H and O–H groups in total. The third kappa shape index (κ3) is 5.45. The molecule has 1 spiro atoms. The number of aryl methyl sites for hydroxylation is 1. The van der Waals surface area contributed by atoms with Crippen molar-refractivity contribution in [3.63, 3.8) is 0 Å². The van der Waals surface area contributed by atoms with Crippen molar-refractivity contribution >= 4 is 33.5 Å². The van der Waals surface area contributed by atoms with Gasteiger partial charge in [0.1, 0.15) is 11.4 Å². The summed E-state index contributed by atoms with van der Waals surface area (Å²) in [5.74, 6) is -0.366. The van der Waals surface area contributed by atoms with Crippen LogP contribution in [0.3, 0.4) is 0 Å². The minimum atomic E-state index is -4.03. The van der Waals surface area contributed by atoms with Crippen LogP contribution in [0.2, 0.25) is 5.02 Å². The lowest BCUT2D eigenvalue weighted by Crippen LogP contribution is -2.52. The van der Waals surface area contributed by atoms with Gasteiger partial charge in [-0.3, -0.25) is 25.4 Å². The number of halogens is 1. The van der Waals surface area contributed by atoms with Gasteiger partial charge in [-0.1, -0.05) is 11.6 Å². The summed E-state index contributed by atoms with van der Waals surface area (Å²) >= 11 is 5.83. The van der Waals surface area contributed by atoms with Crippen LogP contribution in [0.1, 0.15) is 54.0 Å². The van der Waals surface area contributed by atoms with E-state index < -0.39 is 27.3 Å². The highest BCUT2D eigenvalue weighted by Gasteiger charge is 2.63. The molecule has 182 valence electrons. The van der Waals surface area contributed by atoms with Crippen LogP contribution in [-0.4, -0.2) is 53.6 Å². The van der Waals surface area contributed by atoms with E-state index in [0.717, 1.165) is 24.8 Å². The highest BCUT2D eigenvalue weighted by atomic mass is 35.5. The number of amides is 1. The number of aliphatic imine (C=N–C) groups is 1. The molecule has 2 saturated carbocycles. The molecule has 2 fully saturated rings. The molecule has 11 nitrogen and oxygen atoms in total. The number of sulfonamides is 1. The molecule has 0 aromatic carbocycles. The van der Waals surface area contributed by atoms with Crippen molar-refractivity contribution in [1.82, 2.24) is 30.5 Å². The summed E-state index contributed by atoms with van der Waals surface area (Å²) < 4.78 is 34.3. The maximum absolute atomic E-state index is 13.2. The number of nitrogens with zero attached hydrogens (tertiary/aromatic N) is 4. The van der Waals surface area contributed by atoms with Crippen LogP contribution in [0.4, 0.5) is 0 Å². The summed E-state index contributed by atoms with van der Waals surface area (Å²) in [5.41, 5.74) is 6.45. The van der Waals surface area contributed by atoms with E-state index in [9.17, 15) is 13.2 Å². The van der Waals surface area contributed by atoms with Gasteiger partial charge in [0, 0.05) is 31.9 Å². The van der Waals surface area contributed by atoms with Gasteiger partial charge in [0.2, 0.25) is 16.0 Å². The SMILES string of the molecule is CO[C@H](c1ncc(Cl)cn1)[C@H](C)S(=O)(=O)NC(=N[C@@H]1CC12CC2)NNC(=O)c1cncc(C)c1. The Morgan fingerprint density at radius 3 is 2.53 bits per heavy atom. The first-order valence-electron chi connectivity index (χ1n) is 10.7. The summed E-state index contributed by atoms with van der Waals surface area (Å²) in [6, 6.07) is 1.67. The van der Waals surface area contributed by atoms with Gasteiger partial charge in [-0.15, -0.1) is 0 Å². The highest BCUT2D eigenvalue weighted by Crippen LogP contribution is 2.67. The Kier molecular flexibility index (Phi) is 6.74. The Balaban J connectivity index is 1.49. The van der Waals surface area contributed by atoms with Gasteiger partial charge in [-0.05, 0) is 50.2 Å². The lowest BCUT2D eigenvalue weighted by molar-refractivity contribution is 0.0939. The second kappa shape index (κ2) is 9.43. The molecule has 1 amide bonds. The van der Waals surface area contributed by atoms with Gasteiger partial charge in [0.05, 0.1) is 16.6 Å². The van der Waals surface area contributed by atoms with E-state index in [1.165, 1.54) is 32.6 Å². The number of nitrogens with one attached hydrogen (secondary N) is 3. The predicted molar refractivity (Wildman–Crippen MR) is 125 cm³/mol. The maximum atomic E-state index is 13.2. The first-order chi connectivity index (χ1) is 16.1. The number of rotatable bonds is 7. The largest absolute Gasteiger partial charge is 0.372 e. The summed E-state index contributed by atoms with van der Waals surface area (Å²) in [6.45, 7) is 3.29. The van der Waals surface area contributed by atoms with Crippen molar-refractivity contribution in [2.24, 2.45) is 10.4 Å². The van der Waals surface area contributed by atoms with Gasteiger partial charge in [0.25, 0.3) is 5.91 Å². The number of carbonyl (C=O) groups excluding carboxylic acids is 1. The molecule has 0 bridgehead atoms. The van der Waals surface area contributed by atoms with Crippen molar-refractivity contribution in [3.05, 3.63) is 52.8 Å². The van der Waals surface area contributed by atoms with Crippen LogP contribution in [0.5, 0.6) is 0 Å². The molecule has 2 heterocycles. The molecule has 0 radical (unpaired) electrons. The normalized spacial score (nSPS) is 20.4. The number of ether oxygens (including phenoxy) is 1. The van der Waals surface area contributed by atoms with Gasteiger partial charge < -0.3 is 4.74 Å². The van der Waals surface area contributed by atoms with Crippen LogP contribution >= 0.6 is 11.6 Å². The Morgan fingerprint density at radius 1 is 1.24 bits per heavy atom. The molecule has 2 aromatic rings. The van der Waals surface area contributed by atoms with Crippen molar-refractivity contribution in [3.8, 4) is 0 Å². The first-order valence-corrected chi connectivity index (χ1v) is 12.6. The van der Waals surface area contributed by atoms with E-state index in [0.29, 0.717) is 10.6 Å². The smallest absolute Gasteiger partial charge is 0.271 e. The molecule has 0 aliphatic heterocycles. The molecular weight excluding hydrogens is 482 g/mol. The zero-order valence-electron chi connectivity index (χ0n) is 18.9. The van der Waals surface area contributed by atoms with Crippen LogP contribution in [0, 0.1) is 12.3 Å². The lowest BCUT2D eigenvalue weighted by atomic mass is 10.2. The predicted octanol–water partition coefficient (Wildman–Crippen LogP) is 1.67. The molecule has 3 atom stereocenters. The second-order valence-corrected chi connectivity index (χ2v) is 11.1. The lowest BCUT2D eigenvalue weighted by Gasteiger charge is -2.23. The number of hydrogen-bond acceptors (Lipinski definition) is 8. The summed E-state index contributed by atoms with van der Waals surface area (Å²) in [6.07, 6.45) is 7.86. The maximum Gasteiger partial charge on any atom is 0.271 e. The van der Waals surface area contributed by atoms with Crippen molar-refractivity contribution in [1.29, 1.82) is 0 Å². The van der Waals surface area contributed by atoms with Crippen LogP contribution < -0.4 is 15.6 Å². The minimum absolute atomic E-state index is 0.00312. The molecule has 0 saturated heterocycles. The fourth-order valence-corrected chi connectivity index (χ4v) is 4.90. The average Bonchev–Trinajstić information content (AvgIpc) is 3.72. The third-order valence-corrected chi connectivity index (χ3v) is 7.96. The van der Waals surface area contributed by atoms with Crippen molar-refractivity contribution < 1.29 is 17.9 Å². The highest BCUT2D eigenvalue weighted by molar-refractivity contribution is 7.90. The monoisotopic (exact) mass is 507 g/mol. The summed E-state index contributed by atoms with van der Waals surface area (Å²) in [5, 5.41) is -0.764. The number of methoxy groups -OCH3 is 1. The number of guanidine groups is 1. The van der Waals surface area contributed by atoms with Crippen LogP contribution in [-0.2, 0) is 14.8 Å². The van der Waals surface area contributed by atoms with Gasteiger partial charge in [0.15, 0.2) is 5.82 Å². The van der Waals surface area contributed by atoms with E-state index >= 15 is 0 Å². The van der Waals surface area contributed by atoms with Crippen LogP contribution in [0.15, 0.2) is 35.8 Å². The molecular formula is C21H26ClN7O4S. The number of hydrogen-bond donors (Lipinski definition) is 3. The quantitative estimate of drug-likeness (QED) is 0.291. The van der Waals surface area contributed by atoms with E-state index in [1.54, 1.807) is 12.3 Å². The zero-order chi connectivity index (χ0) is 24.5. The Labute approximate surface area is 202 Å². The number of carbonyl (C=O) groups is 1. The summed E-state index contributed by atoms with van der Waals surface area (Å²) in [4.78, 5) is 29.2. The van der Waals surface area contributed by atoms with E-state index in [4.69, 9.17) is 16.3 Å². The van der Waals surface area contributed by atoms with E-state index in [2.05, 4.69) is 35.5 Å². The topological polar surface area (TPSA) is 148 Å². The standard InChI is InChI=1S/C21H26ClN7O4S/c1-12-6-14(9-23-8-12)19(30)27-28-20(26-16-7-21(16)4-5-21)29-34(31,32)13(2)17(33-3)18-24-10-15(22)11-25-18/h6,8-11,13,16-17H,4-5,7H2,1-3H3,(H,27,30)(H2,26,28,29)/t13-,16+,17-/m0/s1. The molecule has 2 aliphatic rings. The summed E-state index contributed by atoms with van der Waals surface area (Å²) in [7, 11) is -2.65. The Bertz CT molecular complexity index is 1200. The van der Waals surface area contributed by atoms with Crippen molar-refractivity contribution in [2.45, 2.75) is 50.5 Å². The average molecular weight is 508 g/mol. The molecule has 13 heteroatoms. The molecule has 34 heavy (non-hydrogen) atoms. The van der Waals surface area contributed by atoms with E-state index in [-0.39, 0.29) is 23.2 Å². The minimum Gasteiger partial charge on any atom is -0.372 e. The fraction of sp³-hybridized carbons (Fsp3) is 0.476. The number of hydrazine groups is 1. The second-order valence-electron chi connectivity index (χ2n) is 8.66. The number of pyridine rings is 1. The van der Waals surface area contributed by atoms with Crippen molar-refractivity contribution in [2.75, 3.05) is 7.11 Å². The van der Waals surface area contributed by atoms with Crippen LogP contribution in [0.25, 0.3) is 0 Å². The van der Waals surface area contributed by atoms with Gasteiger partial charge in [-0.25, -0.2) is 23.4 Å². The first kappa shape index (κ1) is 24.3.